The molecule has 1 saturated heterocycles. The Bertz CT molecular complexity index is 346. The Hall–Kier alpha value is -0.870. The maximum atomic E-state index is 5.76. The highest BCUT2D eigenvalue weighted by molar-refractivity contribution is 4.95. The molecule has 0 aromatic carbocycles. The van der Waals surface area contributed by atoms with Crippen molar-refractivity contribution in [2.45, 2.75) is 58.0 Å². The molecule has 2 heterocycles. The molecule has 0 amide bonds. The molecule has 1 atom stereocenters. The summed E-state index contributed by atoms with van der Waals surface area (Å²) in [4.78, 5) is 4.34. The summed E-state index contributed by atoms with van der Waals surface area (Å²) in [7, 11) is 0. The van der Waals surface area contributed by atoms with Gasteiger partial charge in [-0.1, -0.05) is 6.92 Å². The Morgan fingerprint density at radius 2 is 2.32 bits per heavy atom. The number of hydrogen-bond donors (Lipinski definition) is 1. The van der Waals surface area contributed by atoms with Gasteiger partial charge in [-0.05, 0) is 45.2 Å². The lowest BCUT2D eigenvalue weighted by atomic mass is 10.1. The van der Waals surface area contributed by atoms with Gasteiger partial charge in [-0.25, -0.2) is 4.98 Å². The summed E-state index contributed by atoms with van der Waals surface area (Å²) in [6.45, 7) is 5.25. The van der Waals surface area contributed by atoms with Crippen LogP contribution in [0.3, 0.4) is 0 Å². The third kappa shape index (κ3) is 5.33. The van der Waals surface area contributed by atoms with Crippen LogP contribution in [-0.4, -0.2) is 30.8 Å². The van der Waals surface area contributed by atoms with Gasteiger partial charge in [-0.3, -0.25) is 0 Å². The van der Waals surface area contributed by atoms with Crippen molar-refractivity contribution < 1.29 is 9.15 Å². The van der Waals surface area contributed by atoms with Crippen molar-refractivity contribution in [3.63, 3.8) is 0 Å². The van der Waals surface area contributed by atoms with E-state index in [0.717, 1.165) is 57.0 Å². The Kier molecular flexibility index (Phi) is 6.37. The average Bonchev–Trinajstić information content (AvgIpc) is 3.07. The van der Waals surface area contributed by atoms with E-state index in [1.807, 2.05) is 6.20 Å². The van der Waals surface area contributed by atoms with Gasteiger partial charge >= 0.3 is 0 Å². The van der Waals surface area contributed by atoms with E-state index in [4.69, 9.17) is 9.15 Å². The largest absolute Gasteiger partial charge is 0.446 e. The van der Waals surface area contributed by atoms with Gasteiger partial charge in [0.15, 0.2) is 5.89 Å². The third-order valence-corrected chi connectivity index (χ3v) is 3.51. The van der Waals surface area contributed by atoms with Gasteiger partial charge in [-0.15, -0.1) is 0 Å². The van der Waals surface area contributed by atoms with Crippen molar-refractivity contribution in [1.82, 2.24) is 10.3 Å². The zero-order valence-corrected chi connectivity index (χ0v) is 12.0. The molecule has 1 N–H and O–H groups in total. The number of nitrogens with zero attached hydrogens (tertiary/aromatic N) is 1. The number of ether oxygens (including phenoxy) is 1. The topological polar surface area (TPSA) is 47.3 Å². The monoisotopic (exact) mass is 266 g/mol. The molecule has 1 aromatic heterocycles. The van der Waals surface area contributed by atoms with E-state index in [9.17, 15) is 0 Å². The van der Waals surface area contributed by atoms with E-state index in [0.29, 0.717) is 6.10 Å². The Balaban J connectivity index is 1.61. The second-order valence-corrected chi connectivity index (χ2v) is 5.25. The number of aromatic nitrogens is 1. The Labute approximate surface area is 115 Å². The summed E-state index contributed by atoms with van der Waals surface area (Å²) >= 11 is 0. The summed E-state index contributed by atoms with van der Waals surface area (Å²) in [6, 6.07) is 0. The highest BCUT2D eigenvalue weighted by atomic mass is 16.5. The first-order valence-electron chi connectivity index (χ1n) is 7.64. The van der Waals surface area contributed by atoms with Gasteiger partial charge in [0.2, 0.25) is 0 Å². The average molecular weight is 266 g/mol. The number of aryl methyl sites for hydroxylation is 2. The zero-order valence-electron chi connectivity index (χ0n) is 12.0. The predicted molar refractivity (Wildman–Crippen MR) is 75.3 cm³/mol. The van der Waals surface area contributed by atoms with Crippen LogP contribution in [0, 0.1) is 0 Å². The molecule has 0 saturated carbocycles. The lowest BCUT2D eigenvalue weighted by Crippen LogP contribution is -2.16. The summed E-state index contributed by atoms with van der Waals surface area (Å²) in [6.07, 6.45) is 9.93. The molecule has 2 rings (SSSR count). The SMILES string of the molecule is CCCNCCCc1ncc(CCC2CCCO2)o1. The molecule has 4 nitrogen and oxygen atoms in total. The van der Waals surface area contributed by atoms with Crippen molar-refractivity contribution in [3.8, 4) is 0 Å². The number of rotatable bonds is 9. The predicted octanol–water partition coefficient (Wildman–Crippen LogP) is 2.72. The molecule has 1 aromatic rings. The zero-order chi connectivity index (χ0) is 13.3. The van der Waals surface area contributed by atoms with Crippen molar-refractivity contribution in [1.29, 1.82) is 0 Å². The lowest BCUT2D eigenvalue weighted by molar-refractivity contribution is 0.103. The van der Waals surface area contributed by atoms with Gasteiger partial charge < -0.3 is 14.5 Å². The van der Waals surface area contributed by atoms with Crippen LogP contribution in [0.2, 0.25) is 0 Å². The van der Waals surface area contributed by atoms with Crippen LogP contribution >= 0.6 is 0 Å². The van der Waals surface area contributed by atoms with Crippen LogP contribution in [0.4, 0.5) is 0 Å². The van der Waals surface area contributed by atoms with Crippen LogP contribution in [0.15, 0.2) is 10.6 Å². The minimum atomic E-state index is 0.437. The van der Waals surface area contributed by atoms with Gasteiger partial charge in [0.25, 0.3) is 0 Å². The third-order valence-electron chi connectivity index (χ3n) is 3.51. The number of oxazole rings is 1. The number of hydrogen-bond acceptors (Lipinski definition) is 4. The second-order valence-electron chi connectivity index (χ2n) is 5.25. The Morgan fingerprint density at radius 3 is 3.11 bits per heavy atom. The van der Waals surface area contributed by atoms with Gasteiger partial charge in [0.1, 0.15) is 5.76 Å². The molecule has 4 heteroatoms. The van der Waals surface area contributed by atoms with Crippen molar-refractivity contribution in [2.75, 3.05) is 19.7 Å². The van der Waals surface area contributed by atoms with E-state index >= 15 is 0 Å². The molecule has 1 unspecified atom stereocenters. The molecule has 108 valence electrons. The first-order valence-corrected chi connectivity index (χ1v) is 7.64. The Morgan fingerprint density at radius 1 is 1.37 bits per heavy atom. The van der Waals surface area contributed by atoms with Gasteiger partial charge in [-0.2, -0.15) is 0 Å². The molecule has 1 fully saturated rings. The minimum Gasteiger partial charge on any atom is -0.446 e. The van der Waals surface area contributed by atoms with Crippen molar-refractivity contribution >= 4 is 0 Å². The fourth-order valence-electron chi connectivity index (χ4n) is 2.42. The maximum absolute atomic E-state index is 5.76. The van der Waals surface area contributed by atoms with Crippen molar-refractivity contribution in [2.24, 2.45) is 0 Å². The second kappa shape index (κ2) is 8.33. The van der Waals surface area contributed by atoms with Crippen LogP contribution in [0.25, 0.3) is 0 Å². The molecule has 19 heavy (non-hydrogen) atoms. The fraction of sp³-hybridized carbons (Fsp3) is 0.800. The highest BCUT2D eigenvalue weighted by Crippen LogP contribution is 2.18. The lowest BCUT2D eigenvalue weighted by Gasteiger charge is -2.06. The molecule has 1 aliphatic rings. The first kappa shape index (κ1) is 14.5. The molecule has 0 radical (unpaired) electrons. The summed E-state index contributed by atoms with van der Waals surface area (Å²) in [5, 5.41) is 3.39. The van der Waals surface area contributed by atoms with E-state index in [-0.39, 0.29) is 0 Å². The first-order chi connectivity index (χ1) is 9.38. The van der Waals surface area contributed by atoms with E-state index in [2.05, 4.69) is 17.2 Å². The molecule has 0 bridgehead atoms. The standard InChI is InChI=1S/C15H26N2O2/c1-2-9-16-10-3-6-15-17-12-14(19-15)8-7-13-5-4-11-18-13/h12-13,16H,2-11H2,1H3. The molecule has 0 spiro atoms. The molecular formula is C15H26N2O2. The van der Waals surface area contributed by atoms with Gasteiger partial charge in [0.05, 0.1) is 12.3 Å². The maximum Gasteiger partial charge on any atom is 0.194 e. The van der Waals surface area contributed by atoms with E-state index < -0.39 is 0 Å². The smallest absolute Gasteiger partial charge is 0.194 e. The van der Waals surface area contributed by atoms with Crippen LogP contribution in [-0.2, 0) is 17.6 Å². The van der Waals surface area contributed by atoms with E-state index in [1.165, 1.54) is 19.3 Å². The van der Waals surface area contributed by atoms with E-state index in [1.54, 1.807) is 0 Å². The molecule has 0 aliphatic carbocycles. The summed E-state index contributed by atoms with van der Waals surface area (Å²) < 4.78 is 11.4. The molecular weight excluding hydrogens is 240 g/mol. The molecule has 1 aliphatic heterocycles. The quantitative estimate of drug-likeness (QED) is 0.698. The van der Waals surface area contributed by atoms with Crippen LogP contribution in [0.1, 0.15) is 50.7 Å². The fourth-order valence-corrected chi connectivity index (χ4v) is 2.42. The number of nitrogens with one attached hydrogen (secondary N) is 1. The minimum absolute atomic E-state index is 0.437. The van der Waals surface area contributed by atoms with Crippen LogP contribution in [0.5, 0.6) is 0 Å². The van der Waals surface area contributed by atoms with Gasteiger partial charge in [0, 0.05) is 19.4 Å². The summed E-state index contributed by atoms with van der Waals surface area (Å²) in [5.41, 5.74) is 0. The normalized spacial score (nSPS) is 19.1. The summed E-state index contributed by atoms with van der Waals surface area (Å²) in [5.74, 6) is 1.88. The van der Waals surface area contributed by atoms with Crippen LogP contribution < -0.4 is 5.32 Å². The highest BCUT2D eigenvalue weighted by Gasteiger charge is 2.16. The van der Waals surface area contributed by atoms with Crippen molar-refractivity contribution in [3.05, 3.63) is 17.8 Å².